The van der Waals surface area contributed by atoms with Gasteiger partial charge in [0.2, 0.25) is 0 Å². The van der Waals surface area contributed by atoms with Crippen LogP contribution in [0, 0.1) is 0 Å². The van der Waals surface area contributed by atoms with Gasteiger partial charge >= 0.3 is 0 Å². The third kappa shape index (κ3) is 5.85. The topological polar surface area (TPSA) is 46.6 Å². The summed E-state index contributed by atoms with van der Waals surface area (Å²) in [6.45, 7) is 3.26. The van der Waals surface area contributed by atoms with E-state index in [2.05, 4.69) is 4.90 Å². The number of sulfone groups is 1. The fraction of sp³-hybridized carbons (Fsp3) is 0.600. The molecule has 0 aromatic heterocycles. The molecule has 1 unspecified atom stereocenters. The van der Waals surface area contributed by atoms with Crippen molar-refractivity contribution in [2.45, 2.75) is 31.8 Å². The maximum atomic E-state index is 11.4. The van der Waals surface area contributed by atoms with E-state index in [0.29, 0.717) is 17.7 Å². The Bertz CT molecular complexity index is 555. The van der Waals surface area contributed by atoms with Crippen LogP contribution >= 0.6 is 11.6 Å². The van der Waals surface area contributed by atoms with E-state index in [-0.39, 0.29) is 11.8 Å². The lowest BCUT2D eigenvalue weighted by Gasteiger charge is -2.28. The normalized spacial score (nSPS) is 17.0. The lowest BCUT2D eigenvalue weighted by molar-refractivity contribution is 0.169. The minimum absolute atomic E-state index is 0.0290. The summed E-state index contributed by atoms with van der Waals surface area (Å²) in [5.74, 6) is 0.982. The Hall–Kier alpha value is -0.780. The minimum Gasteiger partial charge on any atom is -0.492 e. The molecule has 21 heavy (non-hydrogen) atoms. The van der Waals surface area contributed by atoms with E-state index in [0.717, 1.165) is 25.1 Å². The number of hydrogen-bond acceptors (Lipinski definition) is 4. The molecule has 1 aliphatic rings. The van der Waals surface area contributed by atoms with E-state index in [4.69, 9.17) is 16.3 Å². The molecule has 2 rings (SSSR count). The van der Waals surface area contributed by atoms with Crippen molar-refractivity contribution in [3.05, 3.63) is 29.3 Å². The lowest BCUT2D eigenvalue weighted by Crippen LogP contribution is -2.41. The summed E-state index contributed by atoms with van der Waals surface area (Å²) in [6.07, 6.45) is 3.59. The van der Waals surface area contributed by atoms with E-state index in [1.807, 2.05) is 19.1 Å². The number of hydrogen-bond donors (Lipinski definition) is 0. The van der Waals surface area contributed by atoms with E-state index in [9.17, 15) is 8.42 Å². The lowest BCUT2D eigenvalue weighted by atomic mass is 10.3. The van der Waals surface area contributed by atoms with Crippen LogP contribution in [0.5, 0.6) is 5.75 Å². The molecule has 0 amide bonds. The van der Waals surface area contributed by atoms with E-state index >= 15 is 0 Å². The Morgan fingerprint density at radius 3 is 2.48 bits per heavy atom. The molecule has 118 valence electrons. The second kappa shape index (κ2) is 6.99. The first-order valence-corrected chi connectivity index (χ1v) is 9.61. The van der Waals surface area contributed by atoms with Crippen LogP contribution in [0.15, 0.2) is 24.3 Å². The molecular formula is C15H22ClNO3S. The highest BCUT2D eigenvalue weighted by molar-refractivity contribution is 7.90. The van der Waals surface area contributed by atoms with Crippen LogP contribution in [0.3, 0.4) is 0 Å². The highest BCUT2D eigenvalue weighted by atomic mass is 35.5. The molecule has 1 fully saturated rings. The van der Waals surface area contributed by atoms with Crippen molar-refractivity contribution >= 4 is 21.4 Å². The minimum atomic E-state index is -2.95. The number of nitrogens with zero attached hydrogens (tertiary/aromatic N) is 1. The second-order valence-electron chi connectivity index (χ2n) is 5.71. The fourth-order valence-electron chi connectivity index (χ4n) is 2.50. The van der Waals surface area contributed by atoms with E-state index in [1.165, 1.54) is 6.26 Å². The highest BCUT2D eigenvalue weighted by Gasteiger charge is 2.33. The van der Waals surface area contributed by atoms with Gasteiger partial charge in [-0.05, 0) is 44.0 Å². The van der Waals surface area contributed by atoms with Crippen LogP contribution in [0.1, 0.15) is 19.8 Å². The van der Waals surface area contributed by atoms with Crippen molar-refractivity contribution in [2.75, 3.05) is 25.2 Å². The van der Waals surface area contributed by atoms with Crippen LogP contribution in [-0.4, -0.2) is 50.6 Å². The summed E-state index contributed by atoms with van der Waals surface area (Å²) in [5.41, 5.74) is 0. The zero-order valence-electron chi connectivity index (χ0n) is 12.5. The van der Waals surface area contributed by atoms with E-state index < -0.39 is 9.84 Å². The zero-order chi connectivity index (χ0) is 15.5. The van der Waals surface area contributed by atoms with Gasteiger partial charge in [0.05, 0.1) is 5.75 Å². The zero-order valence-corrected chi connectivity index (χ0v) is 14.0. The van der Waals surface area contributed by atoms with Gasteiger partial charge in [0.25, 0.3) is 0 Å². The number of benzene rings is 1. The molecular weight excluding hydrogens is 310 g/mol. The summed E-state index contributed by atoms with van der Waals surface area (Å²) >= 11 is 5.83. The third-order valence-electron chi connectivity index (χ3n) is 3.56. The average Bonchev–Trinajstić information content (AvgIpc) is 3.19. The number of rotatable bonds is 8. The van der Waals surface area contributed by atoms with Crippen LogP contribution in [0.25, 0.3) is 0 Å². The predicted octanol–water partition coefficient (Wildman–Crippen LogP) is 2.62. The molecule has 0 radical (unpaired) electrons. The van der Waals surface area contributed by atoms with Crippen molar-refractivity contribution in [3.8, 4) is 5.75 Å². The van der Waals surface area contributed by atoms with Gasteiger partial charge in [-0.25, -0.2) is 8.42 Å². The highest BCUT2D eigenvalue weighted by Crippen LogP contribution is 2.28. The third-order valence-corrected chi connectivity index (χ3v) is 4.90. The van der Waals surface area contributed by atoms with Gasteiger partial charge in [-0.2, -0.15) is 0 Å². The Kier molecular flexibility index (Phi) is 5.52. The molecule has 1 atom stereocenters. The van der Waals surface area contributed by atoms with Gasteiger partial charge in [-0.1, -0.05) is 11.6 Å². The molecule has 1 aromatic carbocycles. The molecule has 0 bridgehead atoms. The smallest absolute Gasteiger partial charge is 0.148 e. The van der Waals surface area contributed by atoms with Gasteiger partial charge in [-0.3, -0.25) is 4.90 Å². The molecule has 0 heterocycles. The van der Waals surface area contributed by atoms with E-state index in [1.54, 1.807) is 12.1 Å². The van der Waals surface area contributed by atoms with Gasteiger partial charge < -0.3 is 4.74 Å². The first kappa shape index (κ1) is 16.6. The molecule has 1 aromatic rings. The SMILES string of the molecule is CC(CS(C)(=O)=O)N(CCOc1ccc(Cl)cc1)C1CC1. The first-order chi connectivity index (χ1) is 9.85. The molecule has 0 aliphatic heterocycles. The van der Waals surface area contributed by atoms with Crippen LogP contribution in [-0.2, 0) is 9.84 Å². The standard InChI is InChI=1S/C15H22ClNO3S/c1-12(11-21(2,18)19)17(14-5-6-14)9-10-20-15-7-3-13(16)4-8-15/h3-4,7-8,12,14H,5-6,9-11H2,1-2H3. The molecule has 6 heteroatoms. The first-order valence-electron chi connectivity index (χ1n) is 7.17. The summed E-state index contributed by atoms with van der Waals surface area (Å²) in [5, 5.41) is 0.684. The van der Waals surface area contributed by atoms with Gasteiger partial charge in [0.15, 0.2) is 0 Å². The van der Waals surface area contributed by atoms with Crippen molar-refractivity contribution in [1.29, 1.82) is 0 Å². The molecule has 4 nitrogen and oxygen atoms in total. The monoisotopic (exact) mass is 331 g/mol. The maximum absolute atomic E-state index is 11.4. The Morgan fingerprint density at radius 2 is 1.95 bits per heavy atom. The van der Waals surface area contributed by atoms with Crippen LogP contribution in [0.2, 0.25) is 5.02 Å². The summed E-state index contributed by atoms with van der Waals surface area (Å²) in [7, 11) is -2.95. The van der Waals surface area contributed by atoms with Gasteiger partial charge in [0, 0.05) is 29.9 Å². The van der Waals surface area contributed by atoms with Crippen molar-refractivity contribution < 1.29 is 13.2 Å². The Balaban J connectivity index is 1.84. The fourth-order valence-corrected chi connectivity index (χ4v) is 3.70. The molecule has 1 aliphatic carbocycles. The van der Waals surface area contributed by atoms with Crippen molar-refractivity contribution in [3.63, 3.8) is 0 Å². The summed E-state index contributed by atoms with van der Waals surface area (Å²) < 4.78 is 28.6. The Morgan fingerprint density at radius 1 is 1.33 bits per heavy atom. The number of halogens is 1. The average molecular weight is 332 g/mol. The number of ether oxygens (including phenoxy) is 1. The van der Waals surface area contributed by atoms with Gasteiger partial charge in [-0.15, -0.1) is 0 Å². The van der Waals surface area contributed by atoms with Crippen molar-refractivity contribution in [1.82, 2.24) is 4.90 Å². The largest absolute Gasteiger partial charge is 0.492 e. The predicted molar refractivity (Wildman–Crippen MR) is 85.8 cm³/mol. The summed E-state index contributed by atoms with van der Waals surface area (Å²) in [4.78, 5) is 2.25. The molecule has 0 N–H and O–H groups in total. The Labute approximate surface area is 132 Å². The van der Waals surface area contributed by atoms with Crippen LogP contribution < -0.4 is 4.74 Å². The summed E-state index contributed by atoms with van der Waals surface area (Å²) in [6, 6.07) is 7.80. The quantitative estimate of drug-likeness (QED) is 0.734. The maximum Gasteiger partial charge on any atom is 0.148 e. The second-order valence-corrected chi connectivity index (χ2v) is 8.33. The van der Waals surface area contributed by atoms with Crippen LogP contribution in [0.4, 0.5) is 0 Å². The molecule has 1 saturated carbocycles. The van der Waals surface area contributed by atoms with Crippen molar-refractivity contribution in [2.24, 2.45) is 0 Å². The van der Waals surface area contributed by atoms with Gasteiger partial charge in [0.1, 0.15) is 22.2 Å². The molecule has 0 saturated heterocycles. The molecule has 0 spiro atoms.